The van der Waals surface area contributed by atoms with Gasteiger partial charge in [-0.05, 0) is 153 Å². The average molecular weight is 848 g/mol. The van der Waals surface area contributed by atoms with E-state index in [1.807, 2.05) is 0 Å². The fourth-order valence-corrected chi connectivity index (χ4v) is 13.8. The predicted octanol–water partition coefficient (Wildman–Crippen LogP) is 17.0. The van der Waals surface area contributed by atoms with Gasteiger partial charge in [-0.15, -0.1) is 0 Å². The standard InChI is InChI=1S/C65H53N/c1-5-19-48(20-6-1)54-27-13-14-28-55(54)57-30-16-18-32-62(57)66(53-35-33-50(34-36-53)64-42-45-37-46(43-64)39-47(38-45)44-64)63-41-61-59(40-58(63)49-21-7-2-8-22-49)56-29-15-17-31-60(56)65(61,51-23-9-3-10-24-51)52-25-11-4-12-26-52/h1-36,40-41,45-47H,37-39,42-44H2. The first-order valence-electron chi connectivity index (χ1n) is 24.3. The monoisotopic (exact) mass is 847 g/mol. The minimum atomic E-state index is -0.550. The van der Waals surface area contributed by atoms with E-state index in [9.17, 15) is 0 Å². The van der Waals surface area contributed by atoms with E-state index in [-0.39, 0.29) is 0 Å². The predicted molar refractivity (Wildman–Crippen MR) is 275 cm³/mol. The van der Waals surface area contributed by atoms with Gasteiger partial charge >= 0.3 is 0 Å². The highest BCUT2D eigenvalue weighted by molar-refractivity contribution is 6.00. The van der Waals surface area contributed by atoms with Crippen molar-refractivity contribution in [3.8, 4) is 44.5 Å². The van der Waals surface area contributed by atoms with Gasteiger partial charge in [-0.1, -0.05) is 200 Å². The molecule has 0 radical (unpaired) electrons. The molecule has 14 rings (SSSR count). The van der Waals surface area contributed by atoms with Gasteiger partial charge in [0, 0.05) is 16.8 Å². The van der Waals surface area contributed by atoms with Gasteiger partial charge in [0.1, 0.15) is 0 Å². The molecule has 0 amide bonds. The van der Waals surface area contributed by atoms with Crippen molar-refractivity contribution in [3.05, 3.63) is 258 Å². The normalized spacial score (nSPS) is 20.7. The average Bonchev–Trinajstić information content (AvgIpc) is 3.67. The van der Waals surface area contributed by atoms with Crippen molar-refractivity contribution in [1.29, 1.82) is 0 Å². The fourth-order valence-electron chi connectivity index (χ4n) is 13.8. The van der Waals surface area contributed by atoms with Crippen LogP contribution in [0.25, 0.3) is 44.5 Å². The molecular formula is C65H53N. The highest BCUT2D eigenvalue weighted by atomic mass is 15.1. The van der Waals surface area contributed by atoms with Crippen LogP contribution in [0.4, 0.5) is 17.1 Å². The van der Waals surface area contributed by atoms with Crippen molar-refractivity contribution in [2.75, 3.05) is 4.90 Å². The van der Waals surface area contributed by atoms with Crippen LogP contribution in [-0.2, 0) is 10.8 Å². The lowest BCUT2D eigenvalue weighted by molar-refractivity contribution is -0.00518. The first-order chi connectivity index (χ1) is 32.7. The zero-order valence-corrected chi connectivity index (χ0v) is 37.4. The zero-order valence-electron chi connectivity index (χ0n) is 37.4. The molecule has 0 spiro atoms. The van der Waals surface area contributed by atoms with Crippen LogP contribution >= 0.6 is 0 Å². The maximum atomic E-state index is 2.60. The molecule has 0 aromatic heterocycles. The number of para-hydroxylation sites is 1. The molecule has 0 N–H and O–H groups in total. The Morgan fingerprint density at radius 3 is 1.38 bits per heavy atom. The molecular weight excluding hydrogens is 795 g/mol. The lowest BCUT2D eigenvalue weighted by Crippen LogP contribution is -2.48. The van der Waals surface area contributed by atoms with E-state index >= 15 is 0 Å². The topological polar surface area (TPSA) is 3.24 Å². The van der Waals surface area contributed by atoms with Gasteiger partial charge in [-0.25, -0.2) is 0 Å². The lowest BCUT2D eigenvalue weighted by Gasteiger charge is -2.57. The van der Waals surface area contributed by atoms with Crippen molar-refractivity contribution in [3.63, 3.8) is 0 Å². The van der Waals surface area contributed by atoms with Crippen LogP contribution in [0.5, 0.6) is 0 Å². The molecule has 0 unspecified atom stereocenters. The maximum absolute atomic E-state index is 2.60. The molecule has 5 aliphatic carbocycles. The third-order valence-corrected chi connectivity index (χ3v) is 16.1. The molecule has 9 aromatic carbocycles. The molecule has 9 aromatic rings. The van der Waals surface area contributed by atoms with Crippen molar-refractivity contribution >= 4 is 17.1 Å². The van der Waals surface area contributed by atoms with Crippen molar-refractivity contribution in [2.24, 2.45) is 17.8 Å². The van der Waals surface area contributed by atoms with E-state index < -0.39 is 5.41 Å². The summed E-state index contributed by atoms with van der Waals surface area (Å²) in [5.41, 5.74) is 19.8. The van der Waals surface area contributed by atoms with Crippen LogP contribution in [-0.4, -0.2) is 0 Å². The second-order valence-electron chi connectivity index (χ2n) is 19.8. The number of nitrogens with zero attached hydrogens (tertiary/aromatic N) is 1. The summed E-state index contributed by atoms with van der Waals surface area (Å²) < 4.78 is 0. The molecule has 0 atom stereocenters. The minimum Gasteiger partial charge on any atom is -0.309 e. The minimum absolute atomic E-state index is 0.310. The number of hydrogen-bond donors (Lipinski definition) is 0. The SMILES string of the molecule is c1ccc(-c2ccccc2-c2ccccc2N(c2ccc(C34CC5CC(CC(C5)C3)C4)cc2)c2cc3c(cc2-c2ccccc2)-c2ccccc2C3(c2ccccc2)c2ccccc2)cc1. The van der Waals surface area contributed by atoms with Crippen LogP contribution in [0.1, 0.15) is 66.3 Å². The third-order valence-electron chi connectivity index (χ3n) is 16.1. The summed E-state index contributed by atoms with van der Waals surface area (Å²) >= 11 is 0. The molecule has 0 heterocycles. The number of anilines is 3. The molecule has 1 heteroatoms. The van der Waals surface area contributed by atoms with E-state index in [0.717, 1.165) is 29.1 Å². The summed E-state index contributed by atoms with van der Waals surface area (Å²) in [5.74, 6) is 2.67. The molecule has 4 saturated carbocycles. The molecule has 1 nitrogen and oxygen atoms in total. The number of benzene rings is 9. The van der Waals surface area contributed by atoms with Gasteiger partial charge in [-0.2, -0.15) is 0 Å². The number of fused-ring (bicyclic) bond motifs is 3. The first kappa shape index (κ1) is 39.2. The Morgan fingerprint density at radius 1 is 0.318 bits per heavy atom. The van der Waals surface area contributed by atoms with E-state index in [1.165, 1.54) is 111 Å². The van der Waals surface area contributed by atoms with E-state index in [4.69, 9.17) is 0 Å². The van der Waals surface area contributed by atoms with Gasteiger partial charge < -0.3 is 4.90 Å². The molecule has 66 heavy (non-hydrogen) atoms. The fraction of sp³-hybridized carbons (Fsp3) is 0.169. The molecule has 0 saturated heterocycles. The smallest absolute Gasteiger partial charge is 0.0714 e. The zero-order chi connectivity index (χ0) is 43.7. The molecule has 318 valence electrons. The van der Waals surface area contributed by atoms with E-state index in [0.29, 0.717) is 5.41 Å². The van der Waals surface area contributed by atoms with E-state index in [2.05, 4.69) is 235 Å². The first-order valence-corrected chi connectivity index (χ1v) is 24.3. The van der Waals surface area contributed by atoms with Gasteiger partial charge in [0.25, 0.3) is 0 Å². The Morgan fingerprint density at radius 2 is 0.788 bits per heavy atom. The van der Waals surface area contributed by atoms with Crippen LogP contribution in [0.15, 0.2) is 231 Å². The summed E-state index contributed by atoms with van der Waals surface area (Å²) in [6.07, 6.45) is 8.40. The molecule has 4 fully saturated rings. The number of rotatable bonds is 9. The van der Waals surface area contributed by atoms with Crippen LogP contribution in [0, 0.1) is 17.8 Å². The van der Waals surface area contributed by atoms with Crippen LogP contribution in [0.3, 0.4) is 0 Å². The molecule has 4 bridgehead atoms. The third kappa shape index (κ3) is 6.20. The Balaban J connectivity index is 1.10. The summed E-state index contributed by atoms with van der Waals surface area (Å²) in [7, 11) is 0. The summed E-state index contributed by atoms with van der Waals surface area (Å²) in [6.45, 7) is 0. The van der Waals surface area contributed by atoms with Gasteiger partial charge in [-0.3, -0.25) is 0 Å². The highest BCUT2D eigenvalue weighted by Crippen LogP contribution is 2.62. The Labute approximate surface area is 390 Å². The Kier molecular flexibility index (Phi) is 9.34. The lowest BCUT2D eigenvalue weighted by atomic mass is 9.48. The summed E-state index contributed by atoms with van der Waals surface area (Å²) in [6, 6.07) is 86.7. The van der Waals surface area contributed by atoms with Crippen molar-refractivity contribution in [2.45, 2.75) is 49.4 Å². The van der Waals surface area contributed by atoms with Crippen LogP contribution < -0.4 is 4.90 Å². The second kappa shape index (κ2) is 15.7. The van der Waals surface area contributed by atoms with Crippen molar-refractivity contribution in [1.82, 2.24) is 0 Å². The largest absolute Gasteiger partial charge is 0.309 e. The van der Waals surface area contributed by atoms with E-state index in [1.54, 1.807) is 5.56 Å². The quantitative estimate of drug-likeness (QED) is 0.140. The number of hydrogen-bond acceptors (Lipinski definition) is 1. The molecule has 5 aliphatic rings. The van der Waals surface area contributed by atoms with Crippen LogP contribution in [0.2, 0.25) is 0 Å². The molecule has 0 aliphatic heterocycles. The summed E-state index contributed by atoms with van der Waals surface area (Å²) in [5, 5.41) is 0. The Hall–Kier alpha value is -7.22. The van der Waals surface area contributed by atoms with Gasteiger partial charge in [0.15, 0.2) is 0 Å². The van der Waals surface area contributed by atoms with Gasteiger partial charge in [0.05, 0.1) is 16.8 Å². The Bertz CT molecular complexity index is 3130. The van der Waals surface area contributed by atoms with Crippen molar-refractivity contribution < 1.29 is 0 Å². The second-order valence-corrected chi connectivity index (χ2v) is 19.8. The van der Waals surface area contributed by atoms with Gasteiger partial charge in [0.2, 0.25) is 0 Å². The maximum Gasteiger partial charge on any atom is 0.0714 e. The highest BCUT2D eigenvalue weighted by Gasteiger charge is 2.52. The summed E-state index contributed by atoms with van der Waals surface area (Å²) in [4.78, 5) is 2.60.